The van der Waals surface area contributed by atoms with Gasteiger partial charge in [0.1, 0.15) is 10.6 Å². The molecule has 2 heterocycles. The average molecular weight is 397 g/mol. The van der Waals surface area contributed by atoms with Gasteiger partial charge in [0.05, 0.1) is 17.0 Å². The van der Waals surface area contributed by atoms with E-state index >= 15 is 0 Å². The smallest absolute Gasteiger partial charge is 0.347 e. The molecule has 7 nitrogen and oxygen atoms in total. The Labute approximate surface area is 165 Å². The Morgan fingerprint density at radius 2 is 1.93 bits per heavy atom. The van der Waals surface area contributed by atoms with Gasteiger partial charge in [-0.3, -0.25) is 4.79 Å². The molecule has 3 aromatic rings. The lowest BCUT2D eigenvalue weighted by Crippen LogP contribution is -2.28. The van der Waals surface area contributed by atoms with Crippen LogP contribution in [0.1, 0.15) is 41.8 Å². The molecule has 0 bridgehead atoms. The number of aromatic nitrogens is 2. The van der Waals surface area contributed by atoms with Crippen LogP contribution in [0.5, 0.6) is 5.75 Å². The molecule has 0 aliphatic heterocycles. The highest BCUT2D eigenvalue weighted by Gasteiger charge is 2.22. The molecule has 2 aromatic heterocycles. The van der Waals surface area contributed by atoms with Gasteiger partial charge < -0.3 is 14.5 Å². The minimum atomic E-state index is -0.864. The Kier molecular flexibility index (Phi) is 5.47. The second-order valence-electron chi connectivity index (χ2n) is 6.39. The van der Waals surface area contributed by atoms with Gasteiger partial charge in [-0.05, 0) is 57.5 Å². The highest BCUT2D eigenvalue weighted by molar-refractivity contribution is 7.18. The predicted molar refractivity (Wildman–Crippen MR) is 105 cm³/mol. The fraction of sp³-hybridized carbons (Fsp3) is 0.300. The molecule has 144 valence electrons. The third kappa shape index (κ3) is 3.89. The van der Waals surface area contributed by atoms with Crippen molar-refractivity contribution in [3.63, 3.8) is 0 Å². The van der Waals surface area contributed by atoms with Crippen molar-refractivity contribution >= 4 is 27.5 Å². The molecule has 0 unspecified atom stereocenters. The number of nitrogens with zero attached hydrogens (tertiary/aromatic N) is 2. The summed E-state index contributed by atoms with van der Waals surface area (Å²) >= 11 is 1.44. The highest BCUT2D eigenvalue weighted by atomic mass is 32.1. The van der Waals surface area contributed by atoms with E-state index in [1.807, 2.05) is 19.9 Å². The third-order valence-corrected chi connectivity index (χ3v) is 5.46. The zero-order valence-electron chi connectivity index (χ0n) is 15.9. The lowest BCUT2D eigenvalue weighted by molar-refractivity contribution is -0.156. The summed E-state index contributed by atoms with van der Waals surface area (Å²) in [6.07, 6.45) is -1.60. The first-order chi connectivity index (χ1) is 13.3. The summed E-state index contributed by atoms with van der Waals surface area (Å²) in [4.78, 5) is 33.5. The SMILES string of the molecule is Cc1sc2nc([C@@H](C)OC(=O)[C@H](C)Oc3ccc(C#N)cc3)[nH]c(=O)c2c1C. The maximum Gasteiger partial charge on any atom is 0.347 e. The van der Waals surface area contributed by atoms with E-state index < -0.39 is 18.2 Å². The summed E-state index contributed by atoms with van der Waals surface area (Å²) in [5.74, 6) is 0.157. The van der Waals surface area contributed by atoms with Crippen LogP contribution in [0.3, 0.4) is 0 Å². The molecule has 0 aliphatic carbocycles. The minimum Gasteiger partial charge on any atom is -0.479 e. The van der Waals surface area contributed by atoms with Gasteiger partial charge in [-0.1, -0.05) is 0 Å². The number of benzene rings is 1. The largest absolute Gasteiger partial charge is 0.479 e. The zero-order valence-corrected chi connectivity index (χ0v) is 16.7. The Morgan fingerprint density at radius 1 is 1.25 bits per heavy atom. The summed E-state index contributed by atoms with van der Waals surface area (Å²) in [5, 5.41) is 9.38. The number of thiophene rings is 1. The Bertz CT molecular complexity index is 1130. The number of esters is 1. The predicted octanol–water partition coefficient (Wildman–Crippen LogP) is 3.54. The van der Waals surface area contributed by atoms with Crippen molar-refractivity contribution in [1.29, 1.82) is 5.26 Å². The lowest BCUT2D eigenvalue weighted by Gasteiger charge is -2.17. The maximum absolute atomic E-state index is 12.4. The Morgan fingerprint density at radius 3 is 2.57 bits per heavy atom. The fourth-order valence-electron chi connectivity index (χ4n) is 2.65. The van der Waals surface area contributed by atoms with E-state index in [1.165, 1.54) is 11.3 Å². The quantitative estimate of drug-likeness (QED) is 0.660. The van der Waals surface area contributed by atoms with Crippen molar-refractivity contribution < 1.29 is 14.3 Å². The van der Waals surface area contributed by atoms with Crippen molar-refractivity contribution in [1.82, 2.24) is 9.97 Å². The molecule has 8 heteroatoms. The van der Waals surface area contributed by atoms with Crippen molar-refractivity contribution in [2.75, 3.05) is 0 Å². The molecule has 0 fully saturated rings. The molecule has 28 heavy (non-hydrogen) atoms. The molecule has 1 N–H and O–H groups in total. The highest BCUT2D eigenvalue weighted by Crippen LogP contribution is 2.27. The lowest BCUT2D eigenvalue weighted by atomic mass is 10.2. The van der Waals surface area contributed by atoms with Gasteiger partial charge in [0.2, 0.25) is 0 Å². The average Bonchev–Trinajstić information content (AvgIpc) is 2.96. The fourth-order valence-corrected chi connectivity index (χ4v) is 3.69. The van der Waals surface area contributed by atoms with E-state index in [0.29, 0.717) is 21.5 Å². The number of fused-ring (bicyclic) bond motifs is 1. The van der Waals surface area contributed by atoms with Crippen LogP contribution in [0, 0.1) is 25.2 Å². The Balaban J connectivity index is 1.72. The number of aryl methyl sites for hydroxylation is 2. The molecule has 0 radical (unpaired) electrons. The molecule has 2 atom stereocenters. The monoisotopic (exact) mass is 397 g/mol. The van der Waals surface area contributed by atoms with Crippen LogP contribution in [0.25, 0.3) is 10.2 Å². The van der Waals surface area contributed by atoms with Crippen LogP contribution in [0.2, 0.25) is 0 Å². The topological polar surface area (TPSA) is 105 Å². The second-order valence-corrected chi connectivity index (χ2v) is 7.59. The Hall–Kier alpha value is -3.18. The summed E-state index contributed by atoms with van der Waals surface area (Å²) in [5.41, 5.74) is 1.17. The number of nitrogens with one attached hydrogen (secondary N) is 1. The van der Waals surface area contributed by atoms with Crippen molar-refractivity contribution in [3.05, 3.63) is 56.4 Å². The van der Waals surface area contributed by atoms with E-state index in [9.17, 15) is 9.59 Å². The number of nitriles is 1. The van der Waals surface area contributed by atoms with E-state index in [0.717, 1.165) is 10.4 Å². The van der Waals surface area contributed by atoms with Crippen LogP contribution in [-0.4, -0.2) is 22.0 Å². The van der Waals surface area contributed by atoms with Gasteiger partial charge >= 0.3 is 5.97 Å². The third-order valence-electron chi connectivity index (χ3n) is 4.36. The molecular weight excluding hydrogens is 378 g/mol. The van der Waals surface area contributed by atoms with Gasteiger partial charge in [0.15, 0.2) is 18.0 Å². The first kappa shape index (κ1) is 19.6. The first-order valence-electron chi connectivity index (χ1n) is 8.67. The van der Waals surface area contributed by atoms with Gasteiger partial charge in [-0.15, -0.1) is 11.3 Å². The molecule has 1 aromatic carbocycles. The van der Waals surface area contributed by atoms with Crippen LogP contribution < -0.4 is 10.3 Å². The molecule has 3 rings (SSSR count). The minimum absolute atomic E-state index is 0.244. The number of aromatic amines is 1. The van der Waals surface area contributed by atoms with Crippen LogP contribution in [-0.2, 0) is 9.53 Å². The molecule has 0 spiro atoms. The van der Waals surface area contributed by atoms with Gasteiger partial charge in [-0.2, -0.15) is 5.26 Å². The van der Waals surface area contributed by atoms with Crippen molar-refractivity contribution in [3.8, 4) is 11.8 Å². The van der Waals surface area contributed by atoms with Crippen molar-refractivity contribution in [2.45, 2.75) is 39.9 Å². The number of hydrogen-bond acceptors (Lipinski definition) is 7. The molecule has 0 aliphatic rings. The van der Waals surface area contributed by atoms with E-state index in [1.54, 1.807) is 38.1 Å². The van der Waals surface area contributed by atoms with Crippen molar-refractivity contribution in [2.24, 2.45) is 0 Å². The second kappa shape index (κ2) is 7.82. The summed E-state index contributed by atoms with van der Waals surface area (Å²) in [6.45, 7) is 7.03. The van der Waals surface area contributed by atoms with E-state index in [-0.39, 0.29) is 11.4 Å². The number of carbonyl (C=O) groups excluding carboxylic acids is 1. The van der Waals surface area contributed by atoms with Crippen LogP contribution in [0.4, 0.5) is 0 Å². The van der Waals surface area contributed by atoms with Crippen LogP contribution >= 0.6 is 11.3 Å². The molecule has 0 amide bonds. The molecule has 0 saturated carbocycles. The number of ether oxygens (including phenoxy) is 2. The molecule has 0 saturated heterocycles. The first-order valence-corrected chi connectivity index (χ1v) is 9.49. The normalized spacial score (nSPS) is 13.0. The van der Waals surface area contributed by atoms with E-state index in [4.69, 9.17) is 14.7 Å². The maximum atomic E-state index is 12.4. The van der Waals surface area contributed by atoms with Crippen LogP contribution in [0.15, 0.2) is 29.1 Å². The summed E-state index contributed by atoms with van der Waals surface area (Å²) in [6, 6.07) is 8.44. The van der Waals surface area contributed by atoms with E-state index in [2.05, 4.69) is 9.97 Å². The summed E-state index contributed by atoms with van der Waals surface area (Å²) < 4.78 is 11.0. The number of hydrogen-bond donors (Lipinski definition) is 1. The number of rotatable bonds is 5. The van der Waals surface area contributed by atoms with Gasteiger partial charge in [0, 0.05) is 4.88 Å². The summed E-state index contributed by atoms with van der Waals surface area (Å²) in [7, 11) is 0. The number of carbonyl (C=O) groups is 1. The number of H-pyrrole nitrogens is 1. The zero-order chi connectivity index (χ0) is 20.4. The molecular formula is C20H19N3O4S. The standard InChI is InChI=1S/C20H19N3O4S/c1-10-13(4)28-19-16(10)18(24)22-17(23-19)11(2)27-20(25)12(3)26-15-7-5-14(9-21)6-8-15/h5-8,11-12H,1-4H3,(H,22,23,24)/t11-,12+/m1/s1. The van der Waals surface area contributed by atoms with Gasteiger partial charge in [0.25, 0.3) is 5.56 Å². The van der Waals surface area contributed by atoms with Gasteiger partial charge in [-0.25, -0.2) is 9.78 Å².